The zero-order chi connectivity index (χ0) is 21.2. The summed E-state index contributed by atoms with van der Waals surface area (Å²) in [5, 5.41) is 2.73. The van der Waals surface area contributed by atoms with Crippen molar-refractivity contribution in [2.75, 3.05) is 5.32 Å². The van der Waals surface area contributed by atoms with Gasteiger partial charge in [0.05, 0.1) is 5.69 Å². The molecule has 0 radical (unpaired) electrons. The summed E-state index contributed by atoms with van der Waals surface area (Å²) in [6.07, 6.45) is 1.71. The molecule has 0 aliphatic carbocycles. The molecule has 30 heavy (non-hydrogen) atoms. The zero-order valence-electron chi connectivity index (χ0n) is 16.6. The van der Waals surface area contributed by atoms with Crippen molar-refractivity contribution in [3.05, 3.63) is 101 Å². The van der Waals surface area contributed by atoms with E-state index in [1.807, 2.05) is 60.7 Å². The van der Waals surface area contributed by atoms with Crippen molar-refractivity contribution in [2.24, 2.45) is 0 Å². The number of hydrogen-bond donors (Lipinski definition) is 1. The van der Waals surface area contributed by atoms with Crippen LogP contribution >= 0.6 is 0 Å². The van der Waals surface area contributed by atoms with Crippen LogP contribution in [0.15, 0.2) is 78.9 Å². The number of benzene rings is 3. The van der Waals surface area contributed by atoms with Crippen LogP contribution in [0, 0.1) is 5.82 Å². The molecule has 0 saturated heterocycles. The molecule has 0 aliphatic heterocycles. The Bertz CT molecular complexity index is 974. The van der Waals surface area contributed by atoms with E-state index in [0.29, 0.717) is 24.1 Å². The molecule has 0 unspecified atom stereocenters. The predicted molar refractivity (Wildman–Crippen MR) is 114 cm³/mol. The monoisotopic (exact) mass is 405 g/mol. The highest BCUT2D eigenvalue weighted by molar-refractivity contribution is 5.91. The topological polar surface area (TPSA) is 55.4 Å². The molecule has 3 aromatic carbocycles. The van der Waals surface area contributed by atoms with E-state index in [4.69, 9.17) is 4.74 Å². The van der Waals surface area contributed by atoms with E-state index >= 15 is 0 Å². The molecule has 1 amide bonds. The highest BCUT2D eigenvalue weighted by Crippen LogP contribution is 2.19. The maximum atomic E-state index is 13.7. The predicted octanol–water partition coefficient (Wildman–Crippen LogP) is 5.07. The summed E-state index contributed by atoms with van der Waals surface area (Å²) in [4.78, 5) is 24.4. The fraction of sp³-hybridized carbons (Fsp3) is 0.200. The van der Waals surface area contributed by atoms with E-state index in [0.717, 1.165) is 11.1 Å². The number of carbonyl (C=O) groups is 2. The summed E-state index contributed by atoms with van der Waals surface area (Å²) < 4.78 is 19.0. The Morgan fingerprint density at radius 2 is 1.40 bits per heavy atom. The number of anilines is 1. The van der Waals surface area contributed by atoms with Gasteiger partial charge in [0.15, 0.2) is 0 Å². The molecule has 5 heteroatoms. The molecule has 3 rings (SSSR count). The van der Waals surface area contributed by atoms with Crippen LogP contribution in [0.2, 0.25) is 0 Å². The minimum absolute atomic E-state index is 0.0256. The lowest BCUT2D eigenvalue weighted by Gasteiger charge is -2.12. The van der Waals surface area contributed by atoms with Crippen molar-refractivity contribution in [2.45, 2.75) is 32.3 Å². The standard InChI is InChI=1S/C25H24FNO3/c26-22-14-13-21(18-30-25(29)16-12-20-9-5-2-6-10-20)23(17-22)27-24(28)15-11-19-7-3-1-4-8-19/h1-10,13-14,17H,11-12,15-16,18H2,(H,27,28). The molecule has 0 atom stereocenters. The fourth-order valence-electron chi connectivity index (χ4n) is 3.03. The second-order valence-corrected chi connectivity index (χ2v) is 6.98. The van der Waals surface area contributed by atoms with Gasteiger partial charge in [-0.15, -0.1) is 0 Å². The quantitative estimate of drug-likeness (QED) is 0.506. The van der Waals surface area contributed by atoms with E-state index < -0.39 is 5.82 Å². The molecule has 1 N–H and O–H groups in total. The van der Waals surface area contributed by atoms with Crippen molar-refractivity contribution in [3.63, 3.8) is 0 Å². The number of halogens is 1. The maximum absolute atomic E-state index is 13.7. The van der Waals surface area contributed by atoms with Gasteiger partial charge in [0.2, 0.25) is 5.91 Å². The smallest absolute Gasteiger partial charge is 0.306 e. The number of ether oxygens (including phenoxy) is 1. The van der Waals surface area contributed by atoms with Crippen LogP contribution in [-0.4, -0.2) is 11.9 Å². The van der Waals surface area contributed by atoms with Crippen LogP contribution in [-0.2, 0) is 33.8 Å². The van der Waals surface area contributed by atoms with Crippen LogP contribution in [0.5, 0.6) is 0 Å². The lowest BCUT2D eigenvalue weighted by Crippen LogP contribution is -2.15. The van der Waals surface area contributed by atoms with Gasteiger partial charge in [0.1, 0.15) is 12.4 Å². The summed E-state index contributed by atoms with van der Waals surface area (Å²) >= 11 is 0. The number of aryl methyl sites for hydroxylation is 2. The molecular formula is C25H24FNO3. The van der Waals surface area contributed by atoms with Crippen molar-refractivity contribution >= 4 is 17.6 Å². The third-order valence-electron chi connectivity index (χ3n) is 4.68. The van der Waals surface area contributed by atoms with Gasteiger partial charge in [0.25, 0.3) is 0 Å². The number of esters is 1. The van der Waals surface area contributed by atoms with Crippen LogP contribution < -0.4 is 5.32 Å². The highest BCUT2D eigenvalue weighted by Gasteiger charge is 2.11. The molecule has 0 aromatic heterocycles. The van der Waals surface area contributed by atoms with Gasteiger partial charge >= 0.3 is 5.97 Å². The molecular weight excluding hydrogens is 381 g/mol. The maximum Gasteiger partial charge on any atom is 0.306 e. The number of rotatable bonds is 9. The first kappa shape index (κ1) is 21.2. The molecule has 0 aliphatic rings. The largest absolute Gasteiger partial charge is 0.461 e. The van der Waals surface area contributed by atoms with Gasteiger partial charge in [-0.3, -0.25) is 9.59 Å². The van der Waals surface area contributed by atoms with Crippen LogP contribution in [0.3, 0.4) is 0 Å². The average molecular weight is 405 g/mol. The third kappa shape index (κ3) is 6.85. The molecule has 0 bridgehead atoms. The molecule has 0 heterocycles. The van der Waals surface area contributed by atoms with Crippen molar-refractivity contribution in [1.82, 2.24) is 0 Å². The van der Waals surface area contributed by atoms with Crippen LogP contribution in [0.25, 0.3) is 0 Å². The lowest BCUT2D eigenvalue weighted by atomic mass is 10.1. The summed E-state index contributed by atoms with van der Waals surface area (Å²) in [7, 11) is 0. The van der Waals surface area contributed by atoms with E-state index in [1.165, 1.54) is 18.2 Å². The van der Waals surface area contributed by atoms with Crippen LogP contribution in [0.4, 0.5) is 10.1 Å². The number of hydrogen-bond acceptors (Lipinski definition) is 3. The number of carbonyl (C=O) groups excluding carboxylic acids is 2. The van der Waals surface area contributed by atoms with Crippen molar-refractivity contribution in [3.8, 4) is 0 Å². The Morgan fingerprint density at radius 3 is 2.03 bits per heavy atom. The van der Waals surface area contributed by atoms with Gasteiger partial charge in [-0.25, -0.2) is 4.39 Å². The van der Waals surface area contributed by atoms with E-state index in [-0.39, 0.29) is 31.3 Å². The number of amides is 1. The first-order chi connectivity index (χ1) is 14.6. The zero-order valence-corrected chi connectivity index (χ0v) is 16.6. The third-order valence-corrected chi connectivity index (χ3v) is 4.68. The Labute approximate surface area is 175 Å². The van der Waals surface area contributed by atoms with Gasteiger partial charge in [-0.2, -0.15) is 0 Å². The first-order valence-electron chi connectivity index (χ1n) is 9.92. The average Bonchev–Trinajstić information content (AvgIpc) is 2.77. The molecule has 0 fully saturated rings. The van der Waals surface area contributed by atoms with Crippen molar-refractivity contribution in [1.29, 1.82) is 0 Å². The Kier molecular flexibility index (Phi) is 7.72. The minimum Gasteiger partial charge on any atom is -0.461 e. The SMILES string of the molecule is O=C(CCc1ccccc1)Nc1cc(F)ccc1COC(=O)CCc1ccccc1. The Hall–Kier alpha value is -3.47. The Morgan fingerprint density at radius 1 is 0.800 bits per heavy atom. The summed E-state index contributed by atoms with van der Waals surface area (Å²) in [5.74, 6) is -1.03. The van der Waals surface area contributed by atoms with Gasteiger partial charge in [-0.05, 0) is 36.1 Å². The lowest BCUT2D eigenvalue weighted by molar-refractivity contribution is -0.144. The number of nitrogens with one attached hydrogen (secondary N) is 1. The van der Waals surface area contributed by atoms with E-state index in [9.17, 15) is 14.0 Å². The molecule has 154 valence electrons. The van der Waals surface area contributed by atoms with Gasteiger partial charge in [0, 0.05) is 18.4 Å². The van der Waals surface area contributed by atoms with E-state index in [1.54, 1.807) is 0 Å². The molecule has 0 saturated carbocycles. The summed E-state index contributed by atoms with van der Waals surface area (Å²) in [6, 6.07) is 23.4. The second kappa shape index (κ2) is 10.9. The summed E-state index contributed by atoms with van der Waals surface area (Å²) in [5.41, 5.74) is 2.99. The molecule has 0 spiro atoms. The first-order valence-corrected chi connectivity index (χ1v) is 9.92. The minimum atomic E-state index is -0.465. The van der Waals surface area contributed by atoms with E-state index in [2.05, 4.69) is 5.32 Å². The fourth-order valence-corrected chi connectivity index (χ4v) is 3.03. The van der Waals surface area contributed by atoms with Crippen LogP contribution in [0.1, 0.15) is 29.5 Å². The molecule has 3 aromatic rings. The molecule has 4 nitrogen and oxygen atoms in total. The van der Waals surface area contributed by atoms with Crippen molar-refractivity contribution < 1.29 is 18.7 Å². The van der Waals surface area contributed by atoms with Gasteiger partial charge in [-0.1, -0.05) is 66.7 Å². The normalized spacial score (nSPS) is 10.4. The summed E-state index contributed by atoms with van der Waals surface area (Å²) in [6.45, 7) is -0.0256. The highest BCUT2D eigenvalue weighted by atomic mass is 19.1. The van der Waals surface area contributed by atoms with Gasteiger partial charge < -0.3 is 10.1 Å². The Balaban J connectivity index is 1.52. The second-order valence-electron chi connectivity index (χ2n) is 6.98.